The average Bonchev–Trinajstić information content (AvgIpc) is 3.17. The monoisotopic (exact) mass is 397 g/mol. The maximum atomic E-state index is 12.3. The zero-order chi connectivity index (χ0) is 20.7. The molecule has 0 aliphatic heterocycles. The van der Waals surface area contributed by atoms with Crippen molar-refractivity contribution in [2.24, 2.45) is 5.73 Å². The molecular weight excluding hydrogens is 374 g/mol. The highest BCUT2D eigenvalue weighted by molar-refractivity contribution is 5.97. The molecule has 0 saturated heterocycles. The van der Waals surface area contributed by atoms with E-state index in [-0.39, 0.29) is 5.54 Å². The SMILES string of the molecule is COC(=O)c1cccn2c(-c3ccccc3)c(-c3ccc(C4(N)CCC4)cc3)nc12. The van der Waals surface area contributed by atoms with E-state index in [0.717, 1.165) is 40.9 Å². The van der Waals surface area contributed by atoms with Gasteiger partial charge in [-0.1, -0.05) is 54.6 Å². The number of hydrogen-bond acceptors (Lipinski definition) is 4. The fourth-order valence-electron chi connectivity index (χ4n) is 4.22. The number of fused-ring (bicyclic) bond motifs is 1. The Morgan fingerprint density at radius 3 is 2.37 bits per heavy atom. The third-order valence-electron chi connectivity index (χ3n) is 6.08. The number of methoxy groups -OCH3 is 1. The number of nitrogens with two attached hydrogens (primary N) is 1. The van der Waals surface area contributed by atoms with Gasteiger partial charge in [0.1, 0.15) is 5.56 Å². The highest BCUT2D eigenvalue weighted by Gasteiger charge is 2.34. The number of pyridine rings is 1. The van der Waals surface area contributed by atoms with Crippen LogP contribution in [-0.2, 0) is 10.3 Å². The zero-order valence-corrected chi connectivity index (χ0v) is 16.8. The van der Waals surface area contributed by atoms with Crippen LogP contribution in [0.4, 0.5) is 0 Å². The van der Waals surface area contributed by atoms with Gasteiger partial charge in [0.15, 0.2) is 5.65 Å². The standard InChI is InChI=1S/C25H23N3O2/c1-30-24(29)20-9-5-16-28-22(18-7-3-2-4-8-18)21(27-23(20)28)17-10-12-19(13-11-17)25(26)14-6-15-25/h2-5,7-13,16H,6,14-15,26H2,1H3. The number of carbonyl (C=O) groups is 1. The first-order chi connectivity index (χ1) is 14.6. The van der Waals surface area contributed by atoms with Gasteiger partial charge in [-0.25, -0.2) is 9.78 Å². The smallest absolute Gasteiger partial charge is 0.341 e. The van der Waals surface area contributed by atoms with Gasteiger partial charge in [-0.2, -0.15) is 0 Å². The van der Waals surface area contributed by atoms with Crippen molar-refractivity contribution in [1.29, 1.82) is 0 Å². The maximum absolute atomic E-state index is 12.3. The van der Waals surface area contributed by atoms with E-state index < -0.39 is 5.97 Å². The Bertz CT molecular complexity index is 1220. The largest absolute Gasteiger partial charge is 0.465 e. The average molecular weight is 397 g/mol. The van der Waals surface area contributed by atoms with Crippen molar-refractivity contribution in [2.45, 2.75) is 24.8 Å². The molecule has 2 heterocycles. The quantitative estimate of drug-likeness (QED) is 0.503. The molecule has 0 radical (unpaired) electrons. The highest BCUT2D eigenvalue weighted by Crippen LogP contribution is 2.40. The van der Waals surface area contributed by atoms with Gasteiger partial charge in [0.05, 0.1) is 18.5 Å². The molecule has 0 spiro atoms. The number of aromatic nitrogens is 2. The number of ether oxygens (including phenoxy) is 1. The van der Waals surface area contributed by atoms with Crippen molar-refractivity contribution in [1.82, 2.24) is 9.38 Å². The van der Waals surface area contributed by atoms with Gasteiger partial charge in [-0.15, -0.1) is 0 Å². The van der Waals surface area contributed by atoms with E-state index in [1.807, 2.05) is 34.9 Å². The summed E-state index contributed by atoms with van der Waals surface area (Å²) in [5.41, 5.74) is 12.3. The summed E-state index contributed by atoms with van der Waals surface area (Å²) < 4.78 is 6.93. The molecule has 5 nitrogen and oxygen atoms in total. The van der Waals surface area contributed by atoms with Crippen LogP contribution in [0.1, 0.15) is 35.2 Å². The normalized spacial score (nSPS) is 15.0. The molecule has 2 aromatic heterocycles. The van der Waals surface area contributed by atoms with Crippen molar-refractivity contribution in [3.63, 3.8) is 0 Å². The van der Waals surface area contributed by atoms with Gasteiger partial charge in [0.2, 0.25) is 0 Å². The van der Waals surface area contributed by atoms with Crippen LogP contribution in [-0.4, -0.2) is 22.5 Å². The van der Waals surface area contributed by atoms with E-state index >= 15 is 0 Å². The second-order valence-electron chi connectivity index (χ2n) is 7.87. The number of nitrogens with zero attached hydrogens (tertiary/aromatic N) is 2. The molecule has 0 unspecified atom stereocenters. The van der Waals surface area contributed by atoms with E-state index in [1.54, 1.807) is 6.07 Å². The molecule has 0 amide bonds. The molecule has 30 heavy (non-hydrogen) atoms. The number of benzene rings is 2. The third-order valence-corrected chi connectivity index (χ3v) is 6.08. The summed E-state index contributed by atoms with van der Waals surface area (Å²) in [4.78, 5) is 17.2. The van der Waals surface area contributed by atoms with E-state index in [1.165, 1.54) is 13.5 Å². The lowest BCUT2D eigenvalue weighted by molar-refractivity contribution is 0.0602. The Labute approximate surface area is 175 Å². The minimum Gasteiger partial charge on any atom is -0.465 e. The van der Waals surface area contributed by atoms with E-state index in [0.29, 0.717) is 11.2 Å². The Kier molecular flexibility index (Phi) is 4.40. The molecule has 2 N–H and O–H groups in total. The Morgan fingerprint density at radius 1 is 1.00 bits per heavy atom. The predicted octanol–water partition coefficient (Wildman–Crippen LogP) is 4.79. The van der Waals surface area contributed by atoms with Crippen molar-refractivity contribution in [3.05, 3.63) is 84.1 Å². The fourth-order valence-corrected chi connectivity index (χ4v) is 4.22. The summed E-state index contributed by atoms with van der Waals surface area (Å²) in [6.07, 6.45) is 5.16. The van der Waals surface area contributed by atoms with E-state index in [4.69, 9.17) is 15.5 Å². The highest BCUT2D eigenvalue weighted by atomic mass is 16.5. The molecule has 1 fully saturated rings. The summed E-state index contributed by atoms with van der Waals surface area (Å²) in [6, 6.07) is 22.0. The predicted molar refractivity (Wildman–Crippen MR) is 117 cm³/mol. The molecule has 0 bridgehead atoms. The van der Waals surface area contributed by atoms with Crippen molar-refractivity contribution in [3.8, 4) is 22.5 Å². The van der Waals surface area contributed by atoms with Crippen molar-refractivity contribution in [2.75, 3.05) is 7.11 Å². The topological polar surface area (TPSA) is 69.6 Å². The number of rotatable bonds is 4. The van der Waals surface area contributed by atoms with Crippen molar-refractivity contribution >= 4 is 11.6 Å². The van der Waals surface area contributed by atoms with Crippen LogP contribution in [0.3, 0.4) is 0 Å². The molecule has 2 aromatic carbocycles. The molecule has 0 atom stereocenters. The van der Waals surface area contributed by atoms with Gasteiger partial charge in [-0.05, 0) is 37.0 Å². The first kappa shape index (κ1) is 18.6. The summed E-state index contributed by atoms with van der Waals surface area (Å²) in [6.45, 7) is 0. The van der Waals surface area contributed by atoms with E-state index in [9.17, 15) is 4.79 Å². The first-order valence-electron chi connectivity index (χ1n) is 10.2. The second kappa shape index (κ2) is 7.11. The summed E-state index contributed by atoms with van der Waals surface area (Å²) >= 11 is 0. The molecule has 1 aliphatic carbocycles. The van der Waals surface area contributed by atoms with Gasteiger partial charge >= 0.3 is 5.97 Å². The third kappa shape index (κ3) is 2.90. The van der Waals surface area contributed by atoms with E-state index in [2.05, 4.69) is 36.4 Å². The van der Waals surface area contributed by atoms with Crippen LogP contribution in [0.5, 0.6) is 0 Å². The van der Waals surface area contributed by atoms with Crippen LogP contribution in [0.25, 0.3) is 28.2 Å². The lowest BCUT2D eigenvalue weighted by atomic mass is 9.72. The summed E-state index contributed by atoms with van der Waals surface area (Å²) in [5, 5.41) is 0. The number of imidazole rings is 1. The molecule has 5 heteroatoms. The molecule has 5 rings (SSSR count). The van der Waals surface area contributed by atoms with Crippen LogP contribution < -0.4 is 5.73 Å². The van der Waals surface area contributed by atoms with Crippen LogP contribution in [0.2, 0.25) is 0 Å². The Hall–Kier alpha value is -3.44. The van der Waals surface area contributed by atoms with Gasteiger partial charge < -0.3 is 10.5 Å². The summed E-state index contributed by atoms with van der Waals surface area (Å²) in [5.74, 6) is -0.401. The number of hydrogen-bond donors (Lipinski definition) is 1. The van der Waals surface area contributed by atoms with Crippen LogP contribution in [0, 0.1) is 0 Å². The molecule has 1 aliphatic rings. The molecule has 150 valence electrons. The Balaban J connectivity index is 1.72. The van der Waals surface area contributed by atoms with Gasteiger partial charge in [0.25, 0.3) is 0 Å². The maximum Gasteiger partial charge on any atom is 0.341 e. The number of esters is 1. The zero-order valence-electron chi connectivity index (χ0n) is 16.8. The van der Waals surface area contributed by atoms with Gasteiger partial charge in [-0.3, -0.25) is 4.40 Å². The Morgan fingerprint density at radius 2 is 1.73 bits per heavy atom. The summed E-state index contributed by atoms with van der Waals surface area (Å²) in [7, 11) is 1.38. The lowest BCUT2D eigenvalue weighted by Crippen LogP contribution is -2.43. The molecule has 1 saturated carbocycles. The van der Waals surface area contributed by atoms with Gasteiger partial charge in [0, 0.05) is 22.9 Å². The second-order valence-corrected chi connectivity index (χ2v) is 7.87. The van der Waals surface area contributed by atoms with Crippen molar-refractivity contribution < 1.29 is 9.53 Å². The molecular formula is C25H23N3O2. The minimum atomic E-state index is -0.401. The molecule has 4 aromatic rings. The first-order valence-corrected chi connectivity index (χ1v) is 10.2. The lowest BCUT2D eigenvalue weighted by Gasteiger charge is -2.38. The minimum absolute atomic E-state index is 0.197. The number of carbonyl (C=O) groups excluding carboxylic acids is 1. The fraction of sp³-hybridized carbons (Fsp3) is 0.200. The van der Waals surface area contributed by atoms with Crippen LogP contribution in [0.15, 0.2) is 72.9 Å². The van der Waals surface area contributed by atoms with Crippen LogP contribution >= 0.6 is 0 Å².